The van der Waals surface area contributed by atoms with Crippen LogP contribution in [0.5, 0.6) is 0 Å². The number of carbonyl (C=O) groups is 4. The van der Waals surface area contributed by atoms with Crippen molar-refractivity contribution >= 4 is 23.6 Å². The van der Waals surface area contributed by atoms with Crippen LogP contribution in [0, 0.1) is 18.3 Å². The largest absolute Gasteiger partial charge is 0.478 e. The first-order valence-electron chi connectivity index (χ1n) is 14.4. The van der Waals surface area contributed by atoms with Gasteiger partial charge < -0.3 is 20.6 Å². The third-order valence-electron chi connectivity index (χ3n) is 7.74. The Morgan fingerprint density at radius 1 is 0.905 bits per heavy atom. The summed E-state index contributed by atoms with van der Waals surface area (Å²) in [7, 11) is 3.34. The van der Waals surface area contributed by atoms with Crippen LogP contribution in [-0.4, -0.2) is 65.8 Å². The van der Waals surface area contributed by atoms with Crippen molar-refractivity contribution in [2.75, 3.05) is 14.1 Å². The van der Waals surface area contributed by atoms with Crippen LogP contribution in [-0.2, 0) is 14.4 Å². The van der Waals surface area contributed by atoms with E-state index in [0.29, 0.717) is 11.1 Å². The van der Waals surface area contributed by atoms with Crippen molar-refractivity contribution in [1.82, 2.24) is 15.5 Å². The maximum atomic E-state index is 13.8. The quantitative estimate of drug-likeness (QED) is 0.243. The minimum Gasteiger partial charge on any atom is -0.478 e. The summed E-state index contributed by atoms with van der Waals surface area (Å²) in [5, 5.41) is 15.5. The molecule has 2 amide bonds. The lowest BCUT2D eigenvalue weighted by Crippen LogP contribution is -2.59. The topological polar surface area (TPSA) is 116 Å². The van der Waals surface area contributed by atoms with E-state index < -0.39 is 29.5 Å². The van der Waals surface area contributed by atoms with Crippen molar-refractivity contribution in [2.45, 2.75) is 79.4 Å². The molecule has 0 saturated carbocycles. The number of carbonyl (C=O) groups excluding carboxylic acids is 3. The summed E-state index contributed by atoms with van der Waals surface area (Å²) < 4.78 is 0. The third kappa shape index (κ3) is 8.61. The molecule has 2 aromatic rings. The van der Waals surface area contributed by atoms with Crippen molar-refractivity contribution in [3.8, 4) is 0 Å². The molecule has 3 unspecified atom stereocenters. The van der Waals surface area contributed by atoms with E-state index in [4.69, 9.17) is 0 Å². The average molecular weight is 578 g/mol. The molecule has 0 bridgehead atoms. The Morgan fingerprint density at radius 3 is 1.83 bits per heavy atom. The second-order valence-corrected chi connectivity index (χ2v) is 12.5. The van der Waals surface area contributed by atoms with E-state index in [1.54, 1.807) is 32.3 Å². The summed E-state index contributed by atoms with van der Waals surface area (Å²) in [6.45, 7) is 14.9. The first-order valence-corrected chi connectivity index (χ1v) is 14.4. The second kappa shape index (κ2) is 14.4. The van der Waals surface area contributed by atoms with Crippen LogP contribution in [0.2, 0.25) is 0 Å². The lowest BCUT2D eigenvalue weighted by atomic mass is 9.84. The van der Waals surface area contributed by atoms with Crippen molar-refractivity contribution in [3.63, 3.8) is 0 Å². The Bertz CT molecular complexity index is 1290. The average Bonchev–Trinajstić information content (AvgIpc) is 2.93. The molecule has 2 rings (SSSR count). The molecular weight excluding hydrogens is 530 g/mol. The summed E-state index contributed by atoms with van der Waals surface area (Å²) in [6, 6.07) is 12.7. The molecule has 3 N–H and O–H groups in total. The smallest absolute Gasteiger partial charge is 0.331 e. The zero-order chi connectivity index (χ0) is 31.9. The third-order valence-corrected chi connectivity index (χ3v) is 7.74. The number of carboxylic acid groups (broad SMARTS) is 1. The number of amides is 2. The van der Waals surface area contributed by atoms with Crippen molar-refractivity contribution in [3.05, 3.63) is 82.4 Å². The molecule has 42 heavy (non-hydrogen) atoms. The number of nitrogens with one attached hydrogen (secondary N) is 2. The standard InChI is InChI=1S/C34H47N3O5/c1-20(2)27(19-22(4)33(41)42)37(10)32(40)30(34(6,7)8)36-31(39)28(35-9)23(5)24-15-17-26(18-16-24)29(38)25-13-11-21(3)12-14-25/h11-20,23,27-28,30,35H,1-10H3,(H,36,39)(H,41,42)/b22-19+/t23?,27-,28?,30?/m1/s1. The highest BCUT2D eigenvalue weighted by Crippen LogP contribution is 2.26. The van der Waals surface area contributed by atoms with Crippen molar-refractivity contribution in [2.24, 2.45) is 11.3 Å². The van der Waals surface area contributed by atoms with Crippen LogP contribution in [0.15, 0.2) is 60.2 Å². The number of benzene rings is 2. The number of aliphatic carboxylic acids is 1. The van der Waals surface area contributed by atoms with Gasteiger partial charge in [0.05, 0.1) is 12.1 Å². The fraction of sp³-hybridized carbons (Fsp3) is 0.471. The highest BCUT2D eigenvalue weighted by molar-refractivity contribution is 6.09. The van der Waals surface area contributed by atoms with Gasteiger partial charge in [-0.15, -0.1) is 0 Å². The second-order valence-electron chi connectivity index (χ2n) is 12.5. The zero-order valence-corrected chi connectivity index (χ0v) is 26.6. The molecule has 0 aliphatic heterocycles. The molecule has 8 nitrogen and oxygen atoms in total. The maximum Gasteiger partial charge on any atom is 0.331 e. The van der Waals surface area contributed by atoms with E-state index in [1.807, 2.05) is 84.9 Å². The summed E-state index contributed by atoms with van der Waals surface area (Å²) in [6.07, 6.45) is 1.58. The van der Waals surface area contributed by atoms with Crippen LogP contribution >= 0.6 is 0 Å². The lowest BCUT2D eigenvalue weighted by Gasteiger charge is -2.38. The lowest BCUT2D eigenvalue weighted by molar-refractivity contribution is -0.140. The maximum absolute atomic E-state index is 13.8. The number of carboxylic acids is 1. The van der Waals surface area contributed by atoms with Gasteiger partial charge in [0.25, 0.3) is 0 Å². The monoisotopic (exact) mass is 577 g/mol. The molecule has 0 aromatic heterocycles. The number of hydrogen-bond donors (Lipinski definition) is 3. The first-order chi connectivity index (χ1) is 19.5. The van der Waals surface area contributed by atoms with Gasteiger partial charge in [0, 0.05) is 29.7 Å². The molecule has 0 spiro atoms. The minimum atomic E-state index is -1.04. The number of aryl methyl sites for hydroxylation is 1. The normalized spacial score (nSPS) is 15.0. The van der Waals surface area contributed by atoms with E-state index >= 15 is 0 Å². The van der Waals surface area contributed by atoms with Crippen molar-refractivity contribution < 1.29 is 24.3 Å². The molecule has 228 valence electrons. The van der Waals surface area contributed by atoms with E-state index in [9.17, 15) is 24.3 Å². The first kappa shape index (κ1) is 34.4. The van der Waals surface area contributed by atoms with Crippen LogP contribution < -0.4 is 10.6 Å². The fourth-order valence-electron chi connectivity index (χ4n) is 4.92. The van der Waals surface area contributed by atoms with Crippen LogP contribution in [0.25, 0.3) is 0 Å². The van der Waals surface area contributed by atoms with E-state index in [0.717, 1.165) is 11.1 Å². The Hall–Kier alpha value is -3.78. The molecule has 0 aliphatic carbocycles. The fourth-order valence-corrected chi connectivity index (χ4v) is 4.92. The van der Waals surface area contributed by atoms with Gasteiger partial charge in [-0.25, -0.2) is 4.79 Å². The van der Waals surface area contributed by atoms with Gasteiger partial charge in [0.2, 0.25) is 11.8 Å². The van der Waals surface area contributed by atoms with Gasteiger partial charge in [0.15, 0.2) is 5.78 Å². The van der Waals surface area contributed by atoms with E-state index in [-0.39, 0.29) is 35.0 Å². The van der Waals surface area contributed by atoms with Gasteiger partial charge >= 0.3 is 5.97 Å². The Balaban J connectivity index is 2.27. The number of hydrogen-bond acceptors (Lipinski definition) is 5. The number of ketones is 1. The van der Waals surface area contributed by atoms with Crippen LogP contribution in [0.4, 0.5) is 0 Å². The molecule has 8 heteroatoms. The Morgan fingerprint density at radius 2 is 1.40 bits per heavy atom. The van der Waals surface area contributed by atoms with Gasteiger partial charge in [-0.3, -0.25) is 14.4 Å². The van der Waals surface area contributed by atoms with Gasteiger partial charge in [-0.05, 0) is 37.8 Å². The molecule has 0 aliphatic rings. The molecule has 0 saturated heterocycles. The summed E-state index contributed by atoms with van der Waals surface area (Å²) in [4.78, 5) is 53.3. The van der Waals surface area contributed by atoms with Crippen LogP contribution in [0.3, 0.4) is 0 Å². The molecule has 0 fully saturated rings. The molecule has 0 heterocycles. The number of nitrogens with zero attached hydrogens (tertiary/aromatic N) is 1. The SMILES string of the molecule is CNC(C(=O)NC(C(=O)N(C)[C@H](/C=C(\C)C(=O)O)C(C)C)C(C)(C)C)C(C)c1ccc(C(=O)c2ccc(C)cc2)cc1. The molecular formula is C34H47N3O5. The number of likely N-dealkylation sites (N-methyl/N-ethyl adjacent to an activating group) is 2. The number of rotatable bonds is 12. The summed E-state index contributed by atoms with van der Waals surface area (Å²) in [5.74, 6) is -2.05. The highest BCUT2D eigenvalue weighted by atomic mass is 16.4. The Kier molecular flexibility index (Phi) is 11.8. The molecule has 2 aromatic carbocycles. The summed E-state index contributed by atoms with van der Waals surface area (Å²) in [5.41, 5.74) is 2.67. The summed E-state index contributed by atoms with van der Waals surface area (Å²) >= 11 is 0. The predicted molar refractivity (Wildman–Crippen MR) is 166 cm³/mol. The van der Waals surface area contributed by atoms with Crippen molar-refractivity contribution in [1.29, 1.82) is 0 Å². The molecule has 0 radical (unpaired) electrons. The molecule has 4 atom stereocenters. The van der Waals surface area contributed by atoms with E-state index in [2.05, 4.69) is 10.6 Å². The Labute approximate surface area is 250 Å². The van der Waals surface area contributed by atoms with Gasteiger partial charge in [-0.2, -0.15) is 0 Å². The predicted octanol–water partition coefficient (Wildman–Crippen LogP) is 4.96. The minimum absolute atomic E-state index is 0.0458. The highest BCUT2D eigenvalue weighted by Gasteiger charge is 2.39. The van der Waals surface area contributed by atoms with Gasteiger partial charge in [0.1, 0.15) is 6.04 Å². The van der Waals surface area contributed by atoms with Crippen LogP contribution in [0.1, 0.15) is 81.4 Å². The van der Waals surface area contributed by atoms with E-state index in [1.165, 1.54) is 11.8 Å². The zero-order valence-electron chi connectivity index (χ0n) is 26.6. The van der Waals surface area contributed by atoms with Gasteiger partial charge in [-0.1, -0.05) is 102 Å².